The number of benzene rings is 1. The van der Waals surface area contributed by atoms with Crippen LogP contribution in [0.1, 0.15) is 17.3 Å². The largest absolute Gasteiger partial charge is 0.341 e. The molecule has 3 rings (SSSR count). The Morgan fingerprint density at radius 3 is 2.63 bits per heavy atom. The van der Waals surface area contributed by atoms with Crippen LogP contribution in [-0.4, -0.2) is 15.8 Å². The summed E-state index contributed by atoms with van der Waals surface area (Å²) in [5.74, 6) is 0.758. The molecule has 0 aliphatic rings. The molecule has 0 aliphatic heterocycles. The van der Waals surface area contributed by atoms with Gasteiger partial charge in [0.15, 0.2) is 5.78 Å². The lowest BCUT2D eigenvalue weighted by Crippen LogP contribution is -1.98. The molecule has 0 amide bonds. The maximum Gasteiger partial charge on any atom is 0.164 e. The summed E-state index contributed by atoms with van der Waals surface area (Å²) in [5, 5.41) is 4.16. The van der Waals surface area contributed by atoms with Gasteiger partial charge in [0.25, 0.3) is 0 Å². The highest BCUT2D eigenvalue weighted by molar-refractivity contribution is 6.12. The van der Waals surface area contributed by atoms with E-state index in [4.69, 9.17) is 0 Å². The zero-order valence-electron chi connectivity index (χ0n) is 10.5. The smallest absolute Gasteiger partial charge is 0.164 e. The Bertz CT molecular complexity index is 731. The minimum atomic E-state index is 0.0361. The quantitative estimate of drug-likeness (QED) is 0.700. The Morgan fingerprint density at radius 1 is 1.16 bits per heavy atom. The lowest BCUT2D eigenvalue weighted by Gasteiger charge is -2.05. The summed E-state index contributed by atoms with van der Waals surface area (Å²) in [6.45, 7) is 1.58. The van der Waals surface area contributed by atoms with Crippen molar-refractivity contribution < 1.29 is 4.79 Å². The summed E-state index contributed by atoms with van der Waals surface area (Å²) < 4.78 is 0. The van der Waals surface area contributed by atoms with Gasteiger partial charge in [0.05, 0.1) is 5.56 Å². The van der Waals surface area contributed by atoms with Crippen LogP contribution < -0.4 is 5.32 Å². The molecule has 0 radical (unpaired) electrons. The second-order valence-electron chi connectivity index (χ2n) is 4.34. The number of ketones is 1. The van der Waals surface area contributed by atoms with E-state index in [0.717, 1.165) is 22.4 Å². The van der Waals surface area contributed by atoms with Crippen molar-refractivity contribution >= 4 is 28.2 Å². The predicted octanol–water partition coefficient (Wildman–Crippen LogP) is 3.51. The molecule has 0 bridgehead atoms. The molecule has 0 saturated carbocycles. The lowest BCUT2D eigenvalue weighted by molar-refractivity contribution is 0.102. The fraction of sp³-hybridized carbons (Fsp3) is 0.0667. The van der Waals surface area contributed by atoms with Crippen LogP contribution in [0.15, 0.2) is 48.8 Å². The first-order chi connectivity index (χ1) is 9.25. The molecule has 0 aliphatic carbocycles. The zero-order valence-corrected chi connectivity index (χ0v) is 10.5. The summed E-state index contributed by atoms with van der Waals surface area (Å²) in [4.78, 5) is 19.1. The number of hydrogen-bond acceptors (Lipinski definition) is 3. The second-order valence-corrected chi connectivity index (χ2v) is 4.34. The van der Waals surface area contributed by atoms with Crippen molar-refractivity contribution in [1.29, 1.82) is 0 Å². The van der Waals surface area contributed by atoms with E-state index in [1.54, 1.807) is 19.3 Å². The molecule has 3 aromatic rings. The number of H-pyrrole nitrogens is 1. The highest BCUT2D eigenvalue weighted by Gasteiger charge is 2.14. The fourth-order valence-corrected chi connectivity index (χ4v) is 2.18. The molecular weight excluding hydrogens is 238 g/mol. The summed E-state index contributed by atoms with van der Waals surface area (Å²) in [6.07, 6.45) is 3.41. The molecule has 2 aromatic heterocycles. The summed E-state index contributed by atoms with van der Waals surface area (Å²) >= 11 is 0. The maximum atomic E-state index is 11.9. The molecule has 0 fully saturated rings. The van der Waals surface area contributed by atoms with Crippen molar-refractivity contribution in [3.63, 3.8) is 0 Å². The molecule has 94 valence electrons. The molecule has 2 heterocycles. The van der Waals surface area contributed by atoms with Crippen LogP contribution in [0.3, 0.4) is 0 Å². The molecule has 0 spiro atoms. The SMILES string of the molecule is CC(=O)c1c(Nc2ccncc2)[nH]c2ccccc12. The third-order valence-electron chi connectivity index (χ3n) is 3.01. The fourth-order valence-electron chi connectivity index (χ4n) is 2.18. The van der Waals surface area contributed by atoms with E-state index in [-0.39, 0.29) is 5.78 Å². The average Bonchev–Trinajstić information content (AvgIpc) is 2.77. The van der Waals surface area contributed by atoms with Crippen molar-refractivity contribution in [1.82, 2.24) is 9.97 Å². The molecule has 0 unspecified atom stereocenters. The Kier molecular flexibility index (Phi) is 2.76. The Hall–Kier alpha value is -2.62. The minimum Gasteiger partial charge on any atom is -0.341 e. The topological polar surface area (TPSA) is 57.8 Å². The van der Waals surface area contributed by atoms with Crippen LogP contribution in [0.2, 0.25) is 0 Å². The summed E-state index contributed by atoms with van der Waals surface area (Å²) in [5.41, 5.74) is 2.53. The number of aromatic amines is 1. The van der Waals surface area contributed by atoms with Crippen molar-refractivity contribution in [2.45, 2.75) is 6.92 Å². The van der Waals surface area contributed by atoms with E-state index < -0.39 is 0 Å². The number of pyridine rings is 1. The molecule has 4 nitrogen and oxygen atoms in total. The molecule has 19 heavy (non-hydrogen) atoms. The van der Waals surface area contributed by atoms with Crippen molar-refractivity contribution in [3.8, 4) is 0 Å². The van der Waals surface area contributed by atoms with Gasteiger partial charge in [0.2, 0.25) is 0 Å². The van der Waals surface area contributed by atoms with E-state index in [2.05, 4.69) is 15.3 Å². The van der Waals surface area contributed by atoms with Crippen LogP contribution in [0.4, 0.5) is 11.5 Å². The molecule has 0 atom stereocenters. The number of nitrogens with one attached hydrogen (secondary N) is 2. The number of nitrogens with zero attached hydrogens (tertiary/aromatic N) is 1. The number of hydrogen-bond donors (Lipinski definition) is 2. The first-order valence-corrected chi connectivity index (χ1v) is 6.04. The van der Waals surface area contributed by atoms with Gasteiger partial charge in [-0.05, 0) is 25.1 Å². The average molecular weight is 251 g/mol. The predicted molar refractivity (Wildman–Crippen MR) is 75.8 cm³/mol. The Balaban J connectivity index is 2.13. The number of aromatic nitrogens is 2. The Labute approximate surface area is 110 Å². The third kappa shape index (κ3) is 2.08. The molecule has 1 aromatic carbocycles. The first kappa shape index (κ1) is 11.5. The van der Waals surface area contributed by atoms with Crippen LogP contribution in [-0.2, 0) is 0 Å². The highest BCUT2D eigenvalue weighted by Crippen LogP contribution is 2.28. The lowest BCUT2D eigenvalue weighted by atomic mass is 10.1. The standard InChI is InChI=1S/C15H13N3O/c1-10(19)14-12-4-2-3-5-13(12)18-15(14)17-11-6-8-16-9-7-11/h2-9,18H,1H3,(H,16,17). The van der Waals surface area contributed by atoms with Gasteiger partial charge in [-0.25, -0.2) is 0 Å². The molecule has 0 saturated heterocycles. The monoisotopic (exact) mass is 251 g/mol. The van der Waals surface area contributed by atoms with Gasteiger partial charge < -0.3 is 10.3 Å². The van der Waals surface area contributed by atoms with Crippen molar-refractivity contribution in [2.24, 2.45) is 0 Å². The van der Waals surface area contributed by atoms with Crippen LogP contribution in [0.5, 0.6) is 0 Å². The number of carbonyl (C=O) groups excluding carboxylic acids is 1. The summed E-state index contributed by atoms with van der Waals surface area (Å²) in [7, 11) is 0. The van der Waals surface area contributed by atoms with Gasteiger partial charge in [-0.3, -0.25) is 9.78 Å². The molecular formula is C15H13N3O. The van der Waals surface area contributed by atoms with Gasteiger partial charge >= 0.3 is 0 Å². The molecule has 4 heteroatoms. The van der Waals surface area contributed by atoms with Crippen LogP contribution >= 0.6 is 0 Å². The van der Waals surface area contributed by atoms with Crippen LogP contribution in [0, 0.1) is 0 Å². The highest BCUT2D eigenvalue weighted by atomic mass is 16.1. The second kappa shape index (κ2) is 4.57. The van der Waals surface area contributed by atoms with Gasteiger partial charge in [-0.15, -0.1) is 0 Å². The number of anilines is 2. The van der Waals surface area contributed by atoms with Crippen molar-refractivity contribution in [3.05, 3.63) is 54.4 Å². The minimum absolute atomic E-state index is 0.0361. The number of para-hydroxylation sites is 1. The van der Waals surface area contributed by atoms with Crippen LogP contribution in [0.25, 0.3) is 10.9 Å². The number of Topliss-reactive ketones (excluding diaryl/α,β-unsaturated/α-hetero) is 1. The zero-order chi connectivity index (χ0) is 13.2. The van der Waals surface area contributed by atoms with E-state index >= 15 is 0 Å². The van der Waals surface area contributed by atoms with E-state index in [0.29, 0.717) is 5.56 Å². The Morgan fingerprint density at radius 2 is 1.89 bits per heavy atom. The maximum absolute atomic E-state index is 11.9. The third-order valence-corrected chi connectivity index (χ3v) is 3.01. The van der Waals surface area contributed by atoms with Gasteiger partial charge in [0.1, 0.15) is 5.82 Å². The van der Waals surface area contributed by atoms with E-state index in [9.17, 15) is 4.79 Å². The van der Waals surface area contributed by atoms with Gasteiger partial charge in [-0.2, -0.15) is 0 Å². The first-order valence-electron chi connectivity index (χ1n) is 6.04. The van der Waals surface area contributed by atoms with Gasteiger partial charge in [-0.1, -0.05) is 18.2 Å². The van der Waals surface area contributed by atoms with Gasteiger partial charge in [0, 0.05) is 29.0 Å². The normalized spacial score (nSPS) is 10.6. The molecule has 2 N–H and O–H groups in total. The van der Waals surface area contributed by atoms with E-state index in [1.807, 2.05) is 36.4 Å². The summed E-state index contributed by atoms with van der Waals surface area (Å²) in [6, 6.07) is 11.5. The number of rotatable bonds is 3. The number of carbonyl (C=O) groups is 1. The van der Waals surface area contributed by atoms with E-state index in [1.165, 1.54) is 0 Å². The number of fused-ring (bicyclic) bond motifs is 1. The van der Waals surface area contributed by atoms with Crippen molar-refractivity contribution in [2.75, 3.05) is 5.32 Å².